The minimum atomic E-state index is 0.604. The maximum atomic E-state index is 5.43. The van der Waals surface area contributed by atoms with E-state index in [4.69, 9.17) is 10.6 Å². The van der Waals surface area contributed by atoms with Crippen LogP contribution in [0.2, 0.25) is 0 Å². The highest BCUT2D eigenvalue weighted by molar-refractivity contribution is 5.06. The average Bonchev–Trinajstić information content (AvgIpc) is 1.94. The minimum Gasteiger partial charge on any atom is -0.464 e. The summed E-state index contributed by atoms with van der Waals surface area (Å²) in [5.74, 6) is 6.03. The first-order valence-electron chi connectivity index (χ1n) is 2.91. The molecule has 54 valence electrons. The molecule has 0 fully saturated rings. The summed E-state index contributed by atoms with van der Waals surface area (Å²) in [7, 11) is 1.57. The molecule has 0 atom stereocenters. The molecule has 0 aromatic carbocycles. The van der Waals surface area contributed by atoms with Crippen molar-refractivity contribution in [2.75, 3.05) is 13.0 Å². The summed E-state index contributed by atoms with van der Waals surface area (Å²) < 4.78 is 6.25. The molecule has 0 aliphatic heterocycles. The first-order valence-corrected chi connectivity index (χ1v) is 2.91. The summed E-state index contributed by atoms with van der Waals surface area (Å²) in [6.45, 7) is 1.88. The quantitative estimate of drug-likeness (QED) is 0.418. The van der Waals surface area contributed by atoms with Gasteiger partial charge in [0, 0.05) is 6.92 Å². The van der Waals surface area contributed by atoms with Crippen LogP contribution in [0.3, 0.4) is 0 Å². The Hall–Kier alpha value is -1.32. The van der Waals surface area contributed by atoms with E-state index in [9.17, 15) is 0 Å². The summed E-state index contributed by atoms with van der Waals surface area (Å²) in [5.41, 5.74) is 0.888. The van der Waals surface area contributed by atoms with Crippen molar-refractivity contribution >= 4 is 0 Å². The van der Waals surface area contributed by atoms with Crippen molar-refractivity contribution in [1.82, 2.24) is 4.98 Å². The zero-order valence-corrected chi connectivity index (χ0v) is 6.03. The van der Waals surface area contributed by atoms with Crippen molar-refractivity contribution in [3.8, 4) is 5.88 Å². The van der Waals surface area contributed by atoms with Crippen LogP contribution in [-0.4, -0.2) is 12.1 Å². The second kappa shape index (κ2) is 2.51. The van der Waals surface area contributed by atoms with E-state index in [0.29, 0.717) is 5.88 Å². The number of aryl methyl sites for hydroxylation is 1. The highest BCUT2D eigenvalue weighted by atomic mass is 16.5. The highest BCUT2D eigenvalue weighted by Gasteiger charge is 2.04. The van der Waals surface area contributed by atoms with Crippen molar-refractivity contribution in [1.29, 1.82) is 0 Å². The van der Waals surface area contributed by atoms with Gasteiger partial charge in [-0.25, -0.2) is 0 Å². The van der Waals surface area contributed by atoms with Crippen molar-refractivity contribution in [2.24, 2.45) is 0 Å². The molecular formula is C6H10N3O+. The van der Waals surface area contributed by atoms with E-state index in [-0.39, 0.29) is 0 Å². The monoisotopic (exact) mass is 140 g/mol. The molecule has 1 heterocycles. The first kappa shape index (κ1) is 6.80. The lowest BCUT2D eigenvalue weighted by Crippen LogP contribution is -2.45. The molecule has 4 heteroatoms. The SMILES string of the molecule is COc1cc(C)nc[n+]1N. The number of hydrogen-bond donors (Lipinski definition) is 1. The topological polar surface area (TPSA) is 52.0 Å². The van der Waals surface area contributed by atoms with Gasteiger partial charge in [0.15, 0.2) is 5.69 Å². The molecule has 0 saturated heterocycles. The summed E-state index contributed by atoms with van der Waals surface area (Å²) in [6, 6.07) is 1.76. The third-order valence-electron chi connectivity index (χ3n) is 1.18. The predicted octanol–water partition coefficient (Wildman–Crippen LogP) is -0.600. The molecule has 0 unspecified atom stereocenters. The molecule has 0 saturated carbocycles. The Labute approximate surface area is 59.2 Å². The Morgan fingerprint density at radius 2 is 2.40 bits per heavy atom. The molecule has 1 aromatic heterocycles. The van der Waals surface area contributed by atoms with E-state index < -0.39 is 0 Å². The van der Waals surface area contributed by atoms with Gasteiger partial charge in [0.25, 0.3) is 0 Å². The fourth-order valence-electron chi connectivity index (χ4n) is 0.665. The summed E-state index contributed by atoms with van der Waals surface area (Å²) in [4.78, 5) is 3.95. The highest BCUT2D eigenvalue weighted by Crippen LogP contribution is 1.99. The number of hydrogen-bond acceptors (Lipinski definition) is 3. The zero-order chi connectivity index (χ0) is 7.56. The number of rotatable bonds is 1. The summed E-state index contributed by atoms with van der Waals surface area (Å²) in [5, 5.41) is 0. The normalized spacial score (nSPS) is 9.40. The van der Waals surface area contributed by atoms with E-state index in [1.807, 2.05) is 6.92 Å². The van der Waals surface area contributed by atoms with Crippen molar-refractivity contribution in [2.45, 2.75) is 6.92 Å². The van der Waals surface area contributed by atoms with Crippen LogP contribution in [0.15, 0.2) is 12.4 Å². The van der Waals surface area contributed by atoms with Crippen LogP contribution in [0, 0.1) is 6.92 Å². The van der Waals surface area contributed by atoms with Crippen LogP contribution in [0.1, 0.15) is 5.69 Å². The molecule has 2 N–H and O–H groups in total. The molecule has 0 aliphatic carbocycles. The molecule has 4 nitrogen and oxygen atoms in total. The fourth-order valence-corrected chi connectivity index (χ4v) is 0.665. The van der Waals surface area contributed by atoms with E-state index in [0.717, 1.165) is 5.69 Å². The van der Waals surface area contributed by atoms with Crippen LogP contribution in [-0.2, 0) is 0 Å². The maximum Gasteiger partial charge on any atom is 0.312 e. The summed E-state index contributed by atoms with van der Waals surface area (Å²) in [6.07, 6.45) is 1.51. The first-order chi connectivity index (χ1) is 4.74. The van der Waals surface area contributed by atoms with Gasteiger partial charge in [0.1, 0.15) is 0 Å². The van der Waals surface area contributed by atoms with Crippen LogP contribution < -0.4 is 15.3 Å². The number of nitrogens with zero attached hydrogens (tertiary/aromatic N) is 2. The minimum absolute atomic E-state index is 0.604. The molecule has 0 spiro atoms. The Bertz CT molecular complexity index is 236. The Morgan fingerprint density at radius 1 is 1.70 bits per heavy atom. The van der Waals surface area contributed by atoms with Gasteiger partial charge in [0.05, 0.1) is 13.2 Å². The van der Waals surface area contributed by atoms with Gasteiger partial charge in [-0.3, -0.25) is 5.84 Å². The third-order valence-corrected chi connectivity index (χ3v) is 1.18. The number of nitrogens with two attached hydrogens (primary N) is 1. The van der Waals surface area contributed by atoms with Gasteiger partial charge >= 0.3 is 12.2 Å². The average molecular weight is 140 g/mol. The van der Waals surface area contributed by atoms with Crippen molar-refractivity contribution < 1.29 is 9.41 Å². The molecular weight excluding hydrogens is 130 g/mol. The summed E-state index contributed by atoms with van der Waals surface area (Å²) >= 11 is 0. The maximum absolute atomic E-state index is 5.43. The Balaban J connectivity index is 3.09. The third kappa shape index (κ3) is 1.15. The molecule has 0 radical (unpaired) electrons. The molecule has 0 bridgehead atoms. The van der Waals surface area contributed by atoms with E-state index in [1.165, 1.54) is 11.0 Å². The number of methoxy groups -OCH3 is 1. The largest absolute Gasteiger partial charge is 0.464 e. The van der Waals surface area contributed by atoms with Crippen LogP contribution in [0.5, 0.6) is 5.88 Å². The van der Waals surface area contributed by atoms with Gasteiger partial charge in [-0.2, -0.15) is 0 Å². The Morgan fingerprint density at radius 3 is 2.90 bits per heavy atom. The predicted molar refractivity (Wildman–Crippen MR) is 35.9 cm³/mol. The van der Waals surface area contributed by atoms with E-state index >= 15 is 0 Å². The molecule has 1 aromatic rings. The fraction of sp³-hybridized carbons (Fsp3) is 0.333. The van der Waals surface area contributed by atoms with Crippen LogP contribution in [0.4, 0.5) is 0 Å². The zero-order valence-electron chi connectivity index (χ0n) is 6.03. The molecule has 1 rings (SSSR count). The van der Waals surface area contributed by atoms with Crippen molar-refractivity contribution in [3.63, 3.8) is 0 Å². The lowest BCUT2D eigenvalue weighted by molar-refractivity contribution is -0.648. The standard InChI is InChI=1S/C6H10N3O/c1-5-3-6(10-2)9(7)4-8-5/h3-4H,7H2,1-2H3/q+1. The lowest BCUT2D eigenvalue weighted by Gasteiger charge is -1.96. The van der Waals surface area contributed by atoms with Crippen molar-refractivity contribution in [3.05, 3.63) is 18.1 Å². The van der Waals surface area contributed by atoms with E-state index in [1.54, 1.807) is 13.2 Å². The van der Waals surface area contributed by atoms with Crippen LogP contribution >= 0.6 is 0 Å². The molecule has 0 amide bonds. The smallest absolute Gasteiger partial charge is 0.312 e. The lowest BCUT2D eigenvalue weighted by atomic mass is 10.4. The number of aromatic nitrogens is 2. The Kier molecular flexibility index (Phi) is 1.71. The number of ether oxygens (including phenoxy) is 1. The van der Waals surface area contributed by atoms with Gasteiger partial charge < -0.3 is 4.74 Å². The van der Waals surface area contributed by atoms with Gasteiger partial charge in [-0.1, -0.05) is 9.66 Å². The van der Waals surface area contributed by atoms with E-state index in [2.05, 4.69) is 4.98 Å². The van der Waals surface area contributed by atoms with Gasteiger partial charge in [-0.05, 0) is 0 Å². The van der Waals surface area contributed by atoms with Gasteiger partial charge in [0.2, 0.25) is 0 Å². The second-order valence-corrected chi connectivity index (χ2v) is 1.98. The molecule has 0 aliphatic rings. The number of nitrogen functional groups attached to an aromatic ring is 1. The second-order valence-electron chi connectivity index (χ2n) is 1.98. The van der Waals surface area contributed by atoms with Gasteiger partial charge in [-0.15, -0.1) is 0 Å². The van der Waals surface area contributed by atoms with Crippen LogP contribution in [0.25, 0.3) is 0 Å². The molecule has 10 heavy (non-hydrogen) atoms.